The van der Waals surface area contributed by atoms with Gasteiger partial charge in [-0.1, -0.05) is 292 Å². The SMILES string of the molecule is CC/C=C\C/C=C\C/C=C\C/C=C\C/C=C\CCCC(=O)OC(COC(=O)CCCCCCCCCCCCCCCCCCCCCCCCCCCCC/C=C\CCCCCCCCCC)COC(OCC[N+](C)(C)C)C(=O)O. The number of nitrogens with zero attached hydrogens (tertiary/aromatic N) is 1. The molecule has 470 valence electrons. The molecule has 9 heteroatoms. The molecule has 0 aliphatic rings. The van der Waals surface area contributed by atoms with Gasteiger partial charge < -0.3 is 28.5 Å². The van der Waals surface area contributed by atoms with E-state index in [9.17, 15) is 19.5 Å². The number of allylic oxidation sites excluding steroid dienone is 12. The van der Waals surface area contributed by atoms with Crippen molar-refractivity contribution in [3.8, 4) is 0 Å². The smallest absolute Gasteiger partial charge is 0.361 e. The number of unbranched alkanes of at least 4 members (excludes halogenated alkanes) is 36. The van der Waals surface area contributed by atoms with Gasteiger partial charge in [0.25, 0.3) is 6.29 Å². The molecule has 2 unspecified atom stereocenters. The molecule has 1 N–H and O–H groups in total. The van der Waals surface area contributed by atoms with Gasteiger partial charge in [0, 0.05) is 12.8 Å². The highest BCUT2D eigenvalue weighted by molar-refractivity contribution is 5.71. The monoisotopic (exact) mass is 1140 g/mol. The van der Waals surface area contributed by atoms with E-state index in [-0.39, 0.29) is 32.2 Å². The summed E-state index contributed by atoms with van der Waals surface area (Å²) in [5, 5.41) is 9.71. The van der Waals surface area contributed by atoms with Crippen LogP contribution in [0.2, 0.25) is 0 Å². The first-order chi connectivity index (χ1) is 39.6. The first kappa shape index (κ1) is 77.7. The minimum atomic E-state index is -1.53. The number of quaternary nitrogens is 1. The van der Waals surface area contributed by atoms with Crippen molar-refractivity contribution < 1.29 is 42.9 Å². The van der Waals surface area contributed by atoms with Crippen LogP contribution < -0.4 is 0 Å². The predicted molar refractivity (Wildman–Crippen MR) is 346 cm³/mol. The van der Waals surface area contributed by atoms with Crippen molar-refractivity contribution in [2.45, 2.75) is 322 Å². The fourth-order valence-electron chi connectivity index (χ4n) is 9.75. The van der Waals surface area contributed by atoms with Crippen LogP contribution in [-0.4, -0.2) is 87.4 Å². The quantitative estimate of drug-likeness (QED) is 0.0211. The number of carbonyl (C=O) groups excluding carboxylic acids is 2. The highest BCUT2D eigenvalue weighted by Gasteiger charge is 2.25. The summed E-state index contributed by atoms with van der Waals surface area (Å²) in [6.07, 6.45) is 80.6. The van der Waals surface area contributed by atoms with Crippen LogP contribution in [-0.2, 0) is 33.3 Å². The normalized spacial score (nSPS) is 13.1. The number of hydrogen-bond acceptors (Lipinski definition) is 7. The van der Waals surface area contributed by atoms with Crippen molar-refractivity contribution in [2.75, 3.05) is 47.5 Å². The van der Waals surface area contributed by atoms with E-state index in [0.29, 0.717) is 23.9 Å². The van der Waals surface area contributed by atoms with Gasteiger partial charge >= 0.3 is 17.9 Å². The number of likely N-dealkylation sites (N-methyl/N-ethyl adjacent to an activating group) is 1. The predicted octanol–water partition coefficient (Wildman–Crippen LogP) is 20.9. The first-order valence-electron chi connectivity index (χ1n) is 34.1. The van der Waals surface area contributed by atoms with Crippen molar-refractivity contribution >= 4 is 17.9 Å². The Kier molecular flexibility index (Phi) is 60.2. The van der Waals surface area contributed by atoms with E-state index in [0.717, 1.165) is 57.8 Å². The molecule has 0 spiro atoms. The van der Waals surface area contributed by atoms with E-state index in [1.165, 1.54) is 218 Å². The maximum atomic E-state index is 12.8. The molecule has 0 aliphatic carbocycles. The molecule has 81 heavy (non-hydrogen) atoms. The third-order valence-electron chi connectivity index (χ3n) is 14.9. The van der Waals surface area contributed by atoms with E-state index in [1.54, 1.807) is 0 Å². The third kappa shape index (κ3) is 64.1. The van der Waals surface area contributed by atoms with Crippen LogP contribution >= 0.6 is 0 Å². The average molecular weight is 1140 g/mol. The van der Waals surface area contributed by atoms with Gasteiger partial charge in [0.15, 0.2) is 6.10 Å². The molecule has 0 aromatic heterocycles. The van der Waals surface area contributed by atoms with Gasteiger partial charge in [0.1, 0.15) is 13.2 Å². The fourth-order valence-corrected chi connectivity index (χ4v) is 9.75. The molecule has 0 heterocycles. The Morgan fingerprint density at radius 3 is 1.10 bits per heavy atom. The second-order valence-electron chi connectivity index (χ2n) is 24.1. The number of esters is 2. The van der Waals surface area contributed by atoms with Crippen LogP contribution in [0.25, 0.3) is 0 Å². The Morgan fingerprint density at radius 1 is 0.383 bits per heavy atom. The zero-order valence-electron chi connectivity index (χ0n) is 53.7. The standard InChI is InChI=1S/C72H129NO8/c1-6-8-10-12-14-16-18-20-22-24-25-26-27-28-29-30-31-32-33-34-35-36-37-38-39-40-41-42-43-44-45-47-48-50-52-54-56-58-60-62-69(74)79-66-68(67-80-72(71(76)77)78-65-64-73(3,4)5)81-70(75)63-61-59-57-55-53-51-49-46-23-21-19-17-15-13-11-9-7-2/h9,11,15,17,21,23-25,49,51,55,57,68,72H,6-8,10,12-14,16,18-20,22,26-48,50,52-54,56,58-67H2,1-5H3/p+1/b11-9-,17-15-,23-21-,25-24-,51-49-,57-55-. The fraction of sp³-hybridized carbons (Fsp3) is 0.792. The molecule has 0 aliphatic heterocycles. The number of carbonyl (C=O) groups is 3. The van der Waals surface area contributed by atoms with E-state index in [2.05, 4.69) is 86.8 Å². The zero-order chi connectivity index (χ0) is 59.1. The maximum absolute atomic E-state index is 12.8. The number of aliphatic carboxylic acids is 1. The lowest BCUT2D eigenvalue weighted by atomic mass is 10.0. The van der Waals surface area contributed by atoms with E-state index in [1.807, 2.05) is 21.1 Å². The zero-order valence-corrected chi connectivity index (χ0v) is 53.7. The lowest BCUT2D eigenvalue weighted by Crippen LogP contribution is -2.40. The van der Waals surface area contributed by atoms with Crippen LogP contribution in [0.5, 0.6) is 0 Å². The summed E-state index contributed by atoms with van der Waals surface area (Å²) < 4.78 is 22.8. The maximum Gasteiger partial charge on any atom is 0.361 e. The Morgan fingerprint density at radius 2 is 0.716 bits per heavy atom. The molecule has 0 aromatic rings. The summed E-state index contributed by atoms with van der Waals surface area (Å²) in [5.74, 6) is -2.08. The minimum absolute atomic E-state index is 0.175. The number of rotatable bonds is 63. The lowest BCUT2D eigenvalue weighted by molar-refractivity contribution is -0.870. The largest absolute Gasteiger partial charge is 0.477 e. The van der Waals surface area contributed by atoms with Gasteiger partial charge in [-0.05, 0) is 77.0 Å². The van der Waals surface area contributed by atoms with Crippen LogP contribution in [0.4, 0.5) is 0 Å². The molecule has 9 nitrogen and oxygen atoms in total. The Hall–Kier alpha value is -3.27. The van der Waals surface area contributed by atoms with Gasteiger partial charge in [-0.15, -0.1) is 0 Å². The summed E-state index contributed by atoms with van der Waals surface area (Å²) in [4.78, 5) is 37.4. The molecule has 0 radical (unpaired) electrons. The molecule has 0 aromatic carbocycles. The lowest BCUT2D eigenvalue weighted by Gasteiger charge is -2.25. The summed E-state index contributed by atoms with van der Waals surface area (Å²) in [6.45, 7) is 4.72. The number of ether oxygens (including phenoxy) is 4. The second kappa shape index (κ2) is 62.8. The summed E-state index contributed by atoms with van der Waals surface area (Å²) in [5.41, 5.74) is 0. The van der Waals surface area contributed by atoms with Crippen molar-refractivity contribution in [1.29, 1.82) is 0 Å². The molecular formula is C72H130NO8+. The molecule has 0 fully saturated rings. The van der Waals surface area contributed by atoms with Gasteiger partial charge in [-0.2, -0.15) is 0 Å². The van der Waals surface area contributed by atoms with Crippen LogP contribution in [0.1, 0.15) is 309 Å². The van der Waals surface area contributed by atoms with Crippen molar-refractivity contribution in [3.05, 3.63) is 72.9 Å². The molecular weight excluding hydrogens is 1010 g/mol. The van der Waals surface area contributed by atoms with E-state index < -0.39 is 24.3 Å². The molecule has 0 amide bonds. The third-order valence-corrected chi connectivity index (χ3v) is 14.9. The number of carboxylic acid groups (broad SMARTS) is 1. The Labute approximate surface area is 500 Å². The van der Waals surface area contributed by atoms with Crippen molar-refractivity contribution in [3.63, 3.8) is 0 Å². The van der Waals surface area contributed by atoms with E-state index >= 15 is 0 Å². The summed E-state index contributed by atoms with van der Waals surface area (Å²) >= 11 is 0. The summed E-state index contributed by atoms with van der Waals surface area (Å²) in [6, 6.07) is 0. The van der Waals surface area contributed by atoms with Crippen molar-refractivity contribution in [1.82, 2.24) is 0 Å². The van der Waals surface area contributed by atoms with Crippen LogP contribution in [0, 0.1) is 0 Å². The van der Waals surface area contributed by atoms with Crippen molar-refractivity contribution in [2.24, 2.45) is 0 Å². The molecule has 0 saturated carbocycles. The van der Waals surface area contributed by atoms with Gasteiger partial charge in [0.05, 0.1) is 34.4 Å². The Balaban J connectivity index is 3.98. The highest BCUT2D eigenvalue weighted by atomic mass is 16.7. The van der Waals surface area contributed by atoms with Crippen LogP contribution in [0.15, 0.2) is 72.9 Å². The van der Waals surface area contributed by atoms with E-state index in [4.69, 9.17) is 18.9 Å². The molecule has 0 saturated heterocycles. The number of carboxylic acids is 1. The first-order valence-corrected chi connectivity index (χ1v) is 34.1. The highest BCUT2D eigenvalue weighted by Crippen LogP contribution is 2.18. The van der Waals surface area contributed by atoms with Crippen LogP contribution in [0.3, 0.4) is 0 Å². The summed E-state index contributed by atoms with van der Waals surface area (Å²) in [7, 11) is 5.95. The molecule has 2 atom stereocenters. The molecule has 0 rings (SSSR count). The molecule has 0 bridgehead atoms. The topological polar surface area (TPSA) is 108 Å². The van der Waals surface area contributed by atoms with Gasteiger partial charge in [-0.25, -0.2) is 4.79 Å². The number of hydrogen-bond donors (Lipinski definition) is 1. The minimum Gasteiger partial charge on any atom is -0.477 e. The van der Waals surface area contributed by atoms with Gasteiger partial charge in [0.2, 0.25) is 0 Å². The second-order valence-corrected chi connectivity index (χ2v) is 24.1. The Bertz CT molecular complexity index is 1560. The average Bonchev–Trinajstić information content (AvgIpc) is 3.44. The van der Waals surface area contributed by atoms with Gasteiger partial charge in [-0.3, -0.25) is 9.59 Å².